The minimum Gasteiger partial charge on any atom is -0.382 e. The van der Waals surface area contributed by atoms with Gasteiger partial charge >= 0.3 is 0 Å². The maximum atomic E-state index is 5.76. The second-order valence-corrected chi connectivity index (χ2v) is 4.30. The van der Waals surface area contributed by atoms with E-state index in [4.69, 9.17) is 9.47 Å². The largest absolute Gasteiger partial charge is 0.382 e. The van der Waals surface area contributed by atoms with Gasteiger partial charge in [-0.3, -0.25) is 0 Å². The summed E-state index contributed by atoms with van der Waals surface area (Å²) in [7, 11) is 3.65. The molecule has 17 heavy (non-hydrogen) atoms. The smallest absolute Gasteiger partial charge is 0.0781 e. The molecule has 2 unspecified atom stereocenters. The van der Waals surface area contributed by atoms with Crippen molar-refractivity contribution in [2.24, 2.45) is 0 Å². The first-order valence-electron chi connectivity index (χ1n) is 6.02. The summed E-state index contributed by atoms with van der Waals surface area (Å²) in [5.74, 6) is 0. The first-order valence-corrected chi connectivity index (χ1v) is 6.02. The number of hydrogen-bond donors (Lipinski definition) is 1. The van der Waals surface area contributed by atoms with Crippen LogP contribution in [-0.2, 0) is 9.47 Å². The molecule has 0 spiro atoms. The van der Waals surface area contributed by atoms with Crippen molar-refractivity contribution in [2.45, 2.75) is 26.0 Å². The summed E-state index contributed by atoms with van der Waals surface area (Å²) in [6.45, 7) is 5.43. The van der Waals surface area contributed by atoms with Gasteiger partial charge in [-0.2, -0.15) is 0 Å². The molecule has 0 saturated carbocycles. The van der Waals surface area contributed by atoms with Gasteiger partial charge in [0.05, 0.1) is 25.4 Å². The van der Waals surface area contributed by atoms with Crippen LogP contribution < -0.4 is 5.32 Å². The maximum absolute atomic E-state index is 5.76. The first-order chi connectivity index (χ1) is 8.19. The zero-order valence-corrected chi connectivity index (χ0v) is 11.2. The Morgan fingerprint density at radius 1 is 1.24 bits per heavy atom. The fourth-order valence-electron chi connectivity index (χ4n) is 1.85. The molecule has 0 amide bonds. The molecule has 96 valence electrons. The van der Waals surface area contributed by atoms with Crippen LogP contribution in [0.2, 0.25) is 0 Å². The molecule has 0 radical (unpaired) electrons. The normalized spacial score (nSPS) is 14.6. The molecular weight excluding hydrogens is 214 g/mol. The minimum absolute atomic E-state index is 0.125. The topological polar surface area (TPSA) is 30.5 Å². The van der Waals surface area contributed by atoms with E-state index in [1.54, 1.807) is 7.11 Å². The number of likely N-dealkylation sites (N-methyl/N-ethyl adjacent to an activating group) is 1. The second-order valence-electron chi connectivity index (χ2n) is 4.30. The van der Waals surface area contributed by atoms with Crippen LogP contribution in [0.3, 0.4) is 0 Å². The van der Waals surface area contributed by atoms with E-state index in [9.17, 15) is 0 Å². The molecule has 1 N–H and O–H groups in total. The Balaban J connectivity index is 2.57. The molecule has 0 fully saturated rings. The second kappa shape index (κ2) is 7.43. The van der Waals surface area contributed by atoms with Gasteiger partial charge in [0.2, 0.25) is 0 Å². The van der Waals surface area contributed by atoms with E-state index in [0.29, 0.717) is 13.2 Å². The van der Waals surface area contributed by atoms with E-state index >= 15 is 0 Å². The van der Waals surface area contributed by atoms with Crippen LogP contribution in [0.25, 0.3) is 0 Å². The fourth-order valence-corrected chi connectivity index (χ4v) is 1.85. The molecule has 3 heteroatoms. The summed E-state index contributed by atoms with van der Waals surface area (Å²) < 4.78 is 10.8. The molecule has 1 aromatic carbocycles. The summed E-state index contributed by atoms with van der Waals surface area (Å²) in [4.78, 5) is 0. The Morgan fingerprint density at radius 2 is 1.94 bits per heavy atom. The molecule has 0 aliphatic rings. The number of hydrogen-bond acceptors (Lipinski definition) is 3. The van der Waals surface area contributed by atoms with Gasteiger partial charge in [-0.1, -0.05) is 24.3 Å². The molecule has 2 atom stereocenters. The SMILES string of the molecule is CNC(COC(C)COC)c1ccccc1C. The average Bonchev–Trinajstić information content (AvgIpc) is 2.32. The number of nitrogens with one attached hydrogen (secondary N) is 1. The van der Waals surface area contributed by atoms with Crippen molar-refractivity contribution < 1.29 is 9.47 Å². The summed E-state index contributed by atoms with van der Waals surface area (Å²) >= 11 is 0. The summed E-state index contributed by atoms with van der Waals surface area (Å²) in [5.41, 5.74) is 2.58. The summed E-state index contributed by atoms with van der Waals surface area (Å²) in [6.07, 6.45) is 0.125. The number of rotatable bonds is 7. The van der Waals surface area contributed by atoms with Crippen molar-refractivity contribution in [3.8, 4) is 0 Å². The van der Waals surface area contributed by atoms with Crippen molar-refractivity contribution in [2.75, 3.05) is 27.4 Å². The van der Waals surface area contributed by atoms with E-state index in [0.717, 1.165) is 0 Å². The molecule has 1 rings (SSSR count). The van der Waals surface area contributed by atoms with E-state index in [1.807, 2.05) is 14.0 Å². The van der Waals surface area contributed by atoms with Gasteiger partial charge in [-0.15, -0.1) is 0 Å². The maximum Gasteiger partial charge on any atom is 0.0781 e. The van der Waals surface area contributed by atoms with E-state index in [-0.39, 0.29) is 12.1 Å². The fraction of sp³-hybridized carbons (Fsp3) is 0.571. The van der Waals surface area contributed by atoms with Crippen molar-refractivity contribution in [1.82, 2.24) is 5.32 Å². The van der Waals surface area contributed by atoms with Crippen molar-refractivity contribution >= 4 is 0 Å². The predicted molar refractivity (Wildman–Crippen MR) is 70.3 cm³/mol. The number of benzene rings is 1. The van der Waals surface area contributed by atoms with Gasteiger partial charge in [0.15, 0.2) is 0 Å². The highest BCUT2D eigenvalue weighted by Crippen LogP contribution is 2.17. The third-order valence-corrected chi connectivity index (χ3v) is 2.86. The van der Waals surface area contributed by atoms with Crippen molar-refractivity contribution in [1.29, 1.82) is 0 Å². The quantitative estimate of drug-likeness (QED) is 0.789. The highest BCUT2D eigenvalue weighted by Gasteiger charge is 2.13. The van der Waals surface area contributed by atoms with Crippen LogP contribution in [0.5, 0.6) is 0 Å². The van der Waals surface area contributed by atoms with Gasteiger partial charge in [0.25, 0.3) is 0 Å². The monoisotopic (exact) mass is 237 g/mol. The highest BCUT2D eigenvalue weighted by atomic mass is 16.5. The number of methoxy groups -OCH3 is 1. The predicted octanol–water partition coefficient (Wildman–Crippen LogP) is 2.31. The highest BCUT2D eigenvalue weighted by molar-refractivity contribution is 5.28. The van der Waals surface area contributed by atoms with Crippen LogP contribution in [0, 0.1) is 6.92 Å². The zero-order valence-electron chi connectivity index (χ0n) is 11.2. The van der Waals surface area contributed by atoms with E-state index in [2.05, 4.69) is 36.5 Å². The lowest BCUT2D eigenvalue weighted by atomic mass is 10.0. The van der Waals surface area contributed by atoms with Crippen LogP contribution in [-0.4, -0.2) is 33.5 Å². The lowest BCUT2D eigenvalue weighted by Crippen LogP contribution is -2.26. The average molecular weight is 237 g/mol. The molecule has 0 aliphatic heterocycles. The van der Waals surface area contributed by atoms with Gasteiger partial charge in [0, 0.05) is 7.11 Å². The molecule has 0 aromatic heterocycles. The van der Waals surface area contributed by atoms with Gasteiger partial charge in [-0.25, -0.2) is 0 Å². The van der Waals surface area contributed by atoms with Gasteiger partial charge < -0.3 is 14.8 Å². The van der Waals surface area contributed by atoms with E-state index in [1.165, 1.54) is 11.1 Å². The Labute approximate surface area is 104 Å². The lowest BCUT2D eigenvalue weighted by molar-refractivity contribution is 0.000151. The molecule has 0 aliphatic carbocycles. The van der Waals surface area contributed by atoms with Crippen molar-refractivity contribution in [3.05, 3.63) is 35.4 Å². The molecule has 0 heterocycles. The van der Waals surface area contributed by atoms with Crippen LogP contribution in [0.15, 0.2) is 24.3 Å². The summed E-state index contributed by atoms with van der Waals surface area (Å²) in [5, 5.41) is 3.29. The van der Waals surface area contributed by atoms with Crippen LogP contribution in [0.4, 0.5) is 0 Å². The Hall–Kier alpha value is -0.900. The Bertz CT molecular complexity index is 328. The molecule has 0 bridgehead atoms. The molecule has 3 nitrogen and oxygen atoms in total. The van der Waals surface area contributed by atoms with E-state index < -0.39 is 0 Å². The number of ether oxygens (including phenoxy) is 2. The van der Waals surface area contributed by atoms with Crippen molar-refractivity contribution in [3.63, 3.8) is 0 Å². The third kappa shape index (κ3) is 4.46. The van der Waals surface area contributed by atoms with Crippen LogP contribution >= 0.6 is 0 Å². The van der Waals surface area contributed by atoms with Crippen LogP contribution in [0.1, 0.15) is 24.1 Å². The van der Waals surface area contributed by atoms with Gasteiger partial charge in [-0.05, 0) is 32.0 Å². The first kappa shape index (κ1) is 14.2. The Kier molecular flexibility index (Phi) is 6.19. The van der Waals surface area contributed by atoms with Gasteiger partial charge in [0.1, 0.15) is 0 Å². The molecular formula is C14H23NO2. The molecule has 0 saturated heterocycles. The number of aryl methyl sites for hydroxylation is 1. The Morgan fingerprint density at radius 3 is 2.53 bits per heavy atom. The third-order valence-electron chi connectivity index (χ3n) is 2.86. The zero-order chi connectivity index (χ0) is 12.7. The lowest BCUT2D eigenvalue weighted by Gasteiger charge is -2.21. The minimum atomic E-state index is 0.125. The molecule has 1 aromatic rings. The standard InChI is InChI=1S/C14H23NO2/c1-11-7-5-6-8-13(11)14(15-3)10-17-12(2)9-16-4/h5-8,12,14-15H,9-10H2,1-4H3. The summed E-state index contributed by atoms with van der Waals surface area (Å²) in [6, 6.07) is 8.61.